The largest absolute Gasteiger partial charge is 0.497 e. The Morgan fingerprint density at radius 1 is 1.35 bits per heavy atom. The average Bonchev–Trinajstić information content (AvgIpc) is 2.67. The maximum absolute atomic E-state index is 5.96. The highest BCUT2D eigenvalue weighted by Gasteiger charge is 2.16. The summed E-state index contributed by atoms with van der Waals surface area (Å²) < 4.78 is 16.6. The maximum atomic E-state index is 5.96. The second-order valence-electron chi connectivity index (χ2n) is 6.80. The van der Waals surface area contributed by atoms with Gasteiger partial charge in [-0.2, -0.15) is 0 Å². The summed E-state index contributed by atoms with van der Waals surface area (Å²) in [4.78, 5) is 6.58. The molecule has 0 aromatic heterocycles. The first-order chi connectivity index (χ1) is 12.6. The Morgan fingerprint density at radius 3 is 2.77 bits per heavy atom. The second kappa shape index (κ2) is 10.9. The molecule has 1 fully saturated rings. The van der Waals surface area contributed by atoms with Crippen LogP contribution in [0, 0.1) is 5.92 Å². The van der Waals surface area contributed by atoms with E-state index in [9.17, 15) is 0 Å². The van der Waals surface area contributed by atoms with Crippen molar-refractivity contribution in [3.8, 4) is 11.5 Å². The van der Waals surface area contributed by atoms with Crippen LogP contribution in [0.4, 0.5) is 0 Å². The lowest BCUT2D eigenvalue weighted by Crippen LogP contribution is -2.43. The van der Waals surface area contributed by atoms with Crippen LogP contribution in [0.2, 0.25) is 0 Å². The second-order valence-corrected chi connectivity index (χ2v) is 6.80. The van der Waals surface area contributed by atoms with Crippen LogP contribution in [0.25, 0.3) is 0 Å². The van der Waals surface area contributed by atoms with E-state index in [1.807, 2.05) is 38.2 Å². The van der Waals surface area contributed by atoms with Gasteiger partial charge in [0.15, 0.2) is 5.96 Å². The fourth-order valence-corrected chi connectivity index (χ4v) is 3.09. The van der Waals surface area contributed by atoms with Gasteiger partial charge >= 0.3 is 0 Å². The number of hydrogen-bond acceptors (Lipinski definition) is 4. The number of nitrogens with zero attached hydrogens (tertiary/aromatic N) is 2. The molecule has 1 heterocycles. The normalized spacial score (nSPS) is 16.8. The van der Waals surface area contributed by atoms with Crippen LogP contribution < -0.4 is 14.8 Å². The van der Waals surface area contributed by atoms with E-state index in [1.54, 1.807) is 7.11 Å². The van der Waals surface area contributed by atoms with Gasteiger partial charge in [-0.3, -0.25) is 4.99 Å². The number of methoxy groups -OCH3 is 1. The molecule has 1 N–H and O–H groups in total. The van der Waals surface area contributed by atoms with Gasteiger partial charge < -0.3 is 24.4 Å². The first-order valence-corrected chi connectivity index (χ1v) is 9.42. The smallest absolute Gasteiger partial charge is 0.193 e. The molecule has 1 aliphatic rings. The fraction of sp³-hybridized carbons (Fsp3) is 0.650. The number of ether oxygens (including phenoxy) is 3. The fourth-order valence-electron chi connectivity index (χ4n) is 3.09. The molecule has 1 aliphatic heterocycles. The van der Waals surface area contributed by atoms with Gasteiger partial charge in [0.25, 0.3) is 0 Å². The monoisotopic (exact) mass is 363 g/mol. The van der Waals surface area contributed by atoms with Crippen molar-refractivity contribution in [3.05, 3.63) is 24.3 Å². The lowest BCUT2D eigenvalue weighted by molar-refractivity contribution is 0.0625. The zero-order valence-electron chi connectivity index (χ0n) is 16.5. The van der Waals surface area contributed by atoms with Crippen molar-refractivity contribution in [2.45, 2.75) is 32.3 Å². The molecule has 1 aromatic carbocycles. The Kier molecular flexibility index (Phi) is 8.54. The summed E-state index contributed by atoms with van der Waals surface area (Å²) >= 11 is 0. The number of benzene rings is 1. The summed E-state index contributed by atoms with van der Waals surface area (Å²) in [5.74, 6) is 3.27. The zero-order valence-corrected chi connectivity index (χ0v) is 16.5. The lowest BCUT2D eigenvalue weighted by Gasteiger charge is -2.27. The average molecular weight is 364 g/mol. The van der Waals surface area contributed by atoms with Crippen LogP contribution in [0.1, 0.15) is 26.2 Å². The summed E-state index contributed by atoms with van der Waals surface area (Å²) in [6.07, 6.45) is 3.54. The molecular weight excluding hydrogens is 330 g/mol. The molecule has 0 radical (unpaired) electrons. The Balaban J connectivity index is 1.74. The third-order valence-corrected chi connectivity index (χ3v) is 4.71. The number of rotatable bonds is 8. The predicted molar refractivity (Wildman–Crippen MR) is 105 cm³/mol. The molecule has 0 amide bonds. The highest BCUT2D eigenvalue weighted by molar-refractivity contribution is 5.79. The van der Waals surface area contributed by atoms with E-state index in [0.717, 1.165) is 43.1 Å². The van der Waals surface area contributed by atoms with Gasteiger partial charge in [0.2, 0.25) is 0 Å². The van der Waals surface area contributed by atoms with E-state index in [2.05, 4.69) is 22.3 Å². The summed E-state index contributed by atoms with van der Waals surface area (Å²) in [6.45, 7) is 5.53. The van der Waals surface area contributed by atoms with Crippen LogP contribution >= 0.6 is 0 Å². The molecule has 0 aliphatic carbocycles. The van der Waals surface area contributed by atoms with Crippen molar-refractivity contribution in [2.75, 3.05) is 47.5 Å². The molecule has 1 aromatic rings. The van der Waals surface area contributed by atoms with Crippen LogP contribution in [0.3, 0.4) is 0 Å². The molecule has 1 unspecified atom stereocenters. The van der Waals surface area contributed by atoms with Gasteiger partial charge in [0.05, 0.1) is 13.7 Å². The molecule has 0 saturated carbocycles. The van der Waals surface area contributed by atoms with E-state index in [-0.39, 0.29) is 6.10 Å². The van der Waals surface area contributed by atoms with Crippen LogP contribution in [-0.2, 0) is 4.74 Å². The lowest BCUT2D eigenvalue weighted by atomic mass is 9.96. The van der Waals surface area contributed by atoms with E-state index < -0.39 is 0 Å². The van der Waals surface area contributed by atoms with E-state index in [0.29, 0.717) is 6.54 Å². The minimum Gasteiger partial charge on any atom is -0.497 e. The van der Waals surface area contributed by atoms with Gasteiger partial charge in [-0.1, -0.05) is 6.07 Å². The SMILES string of the molecule is CN=C(NCC(C)Oc1cccc(OC)c1)N(C)CCC1CCOCC1. The first-order valence-electron chi connectivity index (χ1n) is 9.42. The topological polar surface area (TPSA) is 55.3 Å². The molecule has 0 bridgehead atoms. The standard InChI is InChI=1S/C20H33N3O3/c1-16(26-19-7-5-6-18(14-19)24-4)15-22-20(21-2)23(3)11-8-17-9-12-25-13-10-17/h5-7,14,16-17H,8-13,15H2,1-4H3,(H,21,22). The first kappa shape index (κ1) is 20.4. The van der Waals surface area contributed by atoms with Gasteiger partial charge in [-0.15, -0.1) is 0 Å². The molecule has 6 heteroatoms. The minimum absolute atomic E-state index is 0.0164. The van der Waals surface area contributed by atoms with Gasteiger partial charge in [-0.25, -0.2) is 0 Å². The Hall–Kier alpha value is -1.95. The summed E-state index contributed by atoms with van der Waals surface area (Å²) in [5.41, 5.74) is 0. The predicted octanol–water partition coefficient (Wildman–Crippen LogP) is 2.79. The van der Waals surface area contributed by atoms with Gasteiger partial charge in [0, 0.05) is 39.9 Å². The summed E-state index contributed by atoms with van der Waals surface area (Å²) in [7, 11) is 5.56. The maximum Gasteiger partial charge on any atom is 0.193 e. The van der Waals surface area contributed by atoms with Crippen LogP contribution in [0.15, 0.2) is 29.3 Å². The Morgan fingerprint density at radius 2 is 2.08 bits per heavy atom. The van der Waals surface area contributed by atoms with E-state index >= 15 is 0 Å². The van der Waals surface area contributed by atoms with E-state index in [4.69, 9.17) is 14.2 Å². The third kappa shape index (κ3) is 6.75. The molecular formula is C20H33N3O3. The number of guanidine groups is 1. The van der Waals surface area contributed by atoms with Gasteiger partial charge in [0.1, 0.15) is 17.6 Å². The van der Waals surface area contributed by atoms with Crippen molar-refractivity contribution in [3.63, 3.8) is 0 Å². The number of aliphatic imine (C=N–C) groups is 1. The van der Waals surface area contributed by atoms with Crippen LogP contribution in [0.5, 0.6) is 11.5 Å². The molecule has 146 valence electrons. The quantitative estimate of drug-likeness (QED) is 0.569. The molecule has 26 heavy (non-hydrogen) atoms. The van der Waals surface area contributed by atoms with E-state index in [1.165, 1.54) is 19.3 Å². The highest BCUT2D eigenvalue weighted by Crippen LogP contribution is 2.20. The minimum atomic E-state index is 0.0164. The number of nitrogens with one attached hydrogen (secondary N) is 1. The van der Waals surface area contributed by atoms with Gasteiger partial charge in [-0.05, 0) is 44.2 Å². The van der Waals surface area contributed by atoms with Crippen molar-refractivity contribution in [2.24, 2.45) is 10.9 Å². The zero-order chi connectivity index (χ0) is 18.8. The summed E-state index contributed by atoms with van der Waals surface area (Å²) in [6, 6.07) is 7.67. The molecule has 1 saturated heterocycles. The number of hydrogen-bond donors (Lipinski definition) is 1. The molecule has 0 spiro atoms. The third-order valence-electron chi connectivity index (χ3n) is 4.71. The Labute approximate surface area is 157 Å². The molecule has 2 rings (SSSR count). The molecule has 1 atom stereocenters. The van der Waals surface area contributed by atoms with Crippen molar-refractivity contribution in [1.82, 2.24) is 10.2 Å². The van der Waals surface area contributed by atoms with Crippen molar-refractivity contribution < 1.29 is 14.2 Å². The van der Waals surface area contributed by atoms with Crippen molar-refractivity contribution >= 4 is 5.96 Å². The van der Waals surface area contributed by atoms with Crippen molar-refractivity contribution in [1.29, 1.82) is 0 Å². The Bertz CT molecular complexity index is 559. The highest BCUT2D eigenvalue weighted by atomic mass is 16.5. The molecule has 6 nitrogen and oxygen atoms in total. The summed E-state index contributed by atoms with van der Waals surface area (Å²) in [5, 5.41) is 3.40. The van der Waals surface area contributed by atoms with Crippen LogP contribution in [-0.4, -0.2) is 64.5 Å².